The lowest BCUT2D eigenvalue weighted by Gasteiger charge is -2.15. The number of hydrogen-bond donors (Lipinski definition) is 2. The predicted octanol–water partition coefficient (Wildman–Crippen LogP) is 4.40. The number of halogens is 1. The van der Waals surface area contributed by atoms with E-state index in [1.807, 2.05) is 32.8 Å². The highest BCUT2D eigenvalue weighted by Crippen LogP contribution is 2.34. The van der Waals surface area contributed by atoms with Crippen molar-refractivity contribution in [3.8, 4) is 11.5 Å². The van der Waals surface area contributed by atoms with Gasteiger partial charge in [0.15, 0.2) is 11.6 Å². The number of aromatic nitrogens is 2. The topological polar surface area (TPSA) is 107 Å². The van der Waals surface area contributed by atoms with Gasteiger partial charge in [0.1, 0.15) is 31.1 Å². The van der Waals surface area contributed by atoms with Gasteiger partial charge in [0.25, 0.3) is 0 Å². The summed E-state index contributed by atoms with van der Waals surface area (Å²) in [7, 11) is 3.83. The first-order chi connectivity index (χ1) is 18.9. The van der Waals surface area contributed by atoms with E-state index in [-0.39, 0.29) is 18.3 Å². The number of ether oxygens (including phenoxy) is 4. The second-order valence-electron chi connectivity index (χ2n) is 8.60. The van der Waals surface area contributed by atoms with Crippen molar-refractivity contribution in [1.82, 2.24) is 14.9 Å². The van der Waals surface area contributed by atoms with Gasteiger partial charge in [0.05, 0.1) is 24.4 Å². The van der Waals surface area contributed by atoms with Crippen molar-refractivity contribution in [2.24, 2.45) is 0 Å². The first kappa shape index (κ1) is 29.8. The van der Waals surface area contributed by atoms with Crippen LogP contribution in [0.4, 0.5) is 21.6 Å². The number of nitrogens with one attached hydrogen (secondary N) is 2. The molecule has 2 aromatic carbocycles. The lowest BCUT2D eigenvalue weighted by molar-refractivity contribution is -0.111. The molecule has 1 aromatic heterocycles. The second kappa shape index (κ2) is 15.6. The minimum Gasteiger partial charge on any atom is -0.489 e. The number of anilines is 3. The summed E-state index contributed by atoms with van der Waals surface area (Å²) in [5, 5.41) is 6.62. The monoisotopic (exact) mass is 541 g/mol. The molecule has 3 aromatic rings. The molecule has 0 saturated carbocycles. The molecule has 3 rings (SSSR count). The van der Waals surface area contributed by atoms with E-state index < -0.39 is 5.82 Å². The summed E-state index contributed by atoms with van der Waals surface area (Å²) < 4.78 is 36.6. The van der Waals surface area contributed by atoms with Gasteiger partial charge in [-0.15, -0.1) is 0 Å². The number of fused-ring (bicyclic) bond motifs is 1. The highest BCUT2D eigenvalue weighted by Gasteiger charge is 2.14. The van der Waals surface area contributed by atoms with E-state index in [0.29, 0.717) is 73.4 Å². The van der Waals surface area contributed by atoms with Gasteiger partial charge >= 0.3 is 0 Å². The fourth-order valence-electron chi connectivity index (χ4n) is 3.49. The average molecular weight is 542 g/mol. The van der Waals surface area contributed by atoms with Crippen molar-refractivity contribution in [1.29, 1.82) is 0 Å². The fraction of sp³-hybridized carbons (Fsp3) is 0.393. The zero-order valence-corrected chi connectivity index (χ0v) is 22.8. The highest BCUT2D eigenvalue weighted by atomic mass is 19.1. The van der Waals surface area contributed by atoms with Crippen LogP contribution in [0.5, 0.6) is 11.5 Å². The van der Waals surface area contributed by atoms with Gasteiger partial charge in [0.2, 0.25) is 5.91 Å². The third-order valence-electron chi connectivity index (χ3n) is 5.31. The van der Waals surface area contributed by atoms with Crippen LogP contribution < -0.4 is 20.1 Å². The number of likely N-dealkylation sites (N-methyl/N-ethyl adjacent to an activating group) is 1. The van der Waals surface area contributed by atoms with Crippen molar-refractivity contribution < 1.29 is 28.1 Å². The number of rotatable bonds is 16. The Hall–Kier alpha value is -3.80. The normalized spacial score (nSPS) is 11.3. The summed E-state index contributed by atoms with van der Waals surface area (Å²) in [6.07, 6.45) is 4.63. The van der Waals surface area contributed by atoms with E-state index in [0.717, 1.165) is 0 Å². The molecule has 11 heteroatoms. The molecule has 0 aliphatic heterocycles. The molecule has 0 aliphatic carbocycles. The first-order valence-electron chi connectivity index (χ1n) is 12.8. The standard InChI is InChI=1S/C28H36FN5O5/c1-5-36-12-14-38-25-10-9-20(16-22(25)29)32-28-21-17-24(33-27(35)8-7-11-34(3)4)26(39-15-13-37-6-2)18-23(21)30-19-31-28/h7-10,16-19H,5-6,11-15H2,1-4H3,(H,33,35)(H,30,31,32)/b8-7+. The van der Waals surface area contributed by atoms with Crippen LogP contribution in [0.2, 0.25) is 0 Å². The molecule has 0 atom stereocenters. The van der Waals surface area contributed by atoms with Gasteiger partial charge in [-0.1, -0.05) is 6.08 Å². The van der Waals surface area contributed by atoms with Crippen molar-refractivity contribution >= 4 is 34.0 Å². The minimum absolute atomic E-state index is 0.133. The van der Waals surface area contributed by atoms with E-state index in [4.69, 9.17) is 18.9 Å². The van der Waals surface area contributed by atoms with Crippen LogP contribution in [-0.2, 0) is 14.3 Å². The smallest absolute Gasteiger partial charge is 0.248 e. The molecular formula is C28H36FN5O5. The van der Waals surface area contributed by atoms with Crippen LogP contribution >= 0.6 is 0 Å². The molecule has 0 bridgehead atoms. The summed E-state index contributed by atoms with van der Waals surface area (Å²) in [4.78, 5) is 23.3. The molecule has 0 fully saturated rings. The number of amides is 1. The van der Waals surface area contributed by atoms with E-state index in [1.54, 1.807) is 30.3 Å². The summed E-state index contributed by atoms with van der Waals surface area (Å²) in [5.74, 6) is 0.190. The molecule has 2 N–H and O–H groups in total. The molecule has 1 amide bonds. The van der Waals surface area contributed by atoms with Crippen LogP contribution in [0.3, 0.4) is 0 Å². The van der Waals surface area contributed by atoms with Gasteiger partial charge in [0, 0.05) is 49.0 Å². The summed E-state index contributed by atoms with van der Waals surface area (Å²) >= 11 is 0. The summed E-state index contributed by atoms with van der Waals surface area (Å²) in [6, 6.07) is 8.02. The van der Waals surface area contributed by atoms with E-state index >= 15 is 0 Å². The number of benzene rings is 2. The summed E-state index contributed by atoms with van der Waals surface area (Å²) in [5.41, 5.74) is 1.50. The zero-order valence-electron chi connectivity index (χ0n) is 22.8. The van der Waals surface area contributed by atoms with Gasteiger partial charge in [-0.3, -0.25) is 4.79 Å². The number of carbonyl (C=O) groups excluding carboxylic acids is 1. The number of carbonyl (C=O) groups is 1. The molecule has 39 heavy (non-hydrogen) atoms. The Morgan fingerprint density at radius 1 is 0.974 bits per heavy atom. The van der Waals surface area contributed by atoms with Crippen LogP contribution in [0, 0.1) is 5.82 Å². The van der Waals surface area contributed by atoms with Gasteiger partial charge in [-0.05, 0) is 46.1 Å². The maximum absolute atomic E-state index is 14.6. The number of hydrogen-bond acceptors (Lipinski definition) is 9. The molecule has 0 aliphatic rings. The van der Waals surface area contributed by atoms with Crippen LogP contribution in [-0.4, -0.2) is 81.1 Å². The Bertz CT molecular complexity index is 1250. The number of nitrogens with zero attached hydrogens (tertiary/aromatic N) is 3. The Labute approximate surface area is 228 Å². The zero-order chi connectivity index (χ0) is 28.0. The quantitative estimate of drug-likeness (QED) is 0.202. The lowest BCUT2D eigenvalue weighted by atomic mass is 10.1. The highest BCUT2D eigenvalue weighted by molar-refractivity contribution is 6.03. The Balaban J connectivity index is 1.86. The molecule has 0 saturated heterocycles. The Morgan fingerprint density at radius 3 is 2.36 bits per heavy atom. The third kappa shape index (κ3) is 9.47. The van der Waals surface area contributed by atoms with Crippen molar-refractivity contribution in [2.75, 3.05) is 70.9 Å². The molecule has 0 unspecified atom stereocenters. The fourth-order valence-corrected chi connectivity index (χ4v) is 3.49. The second-order valence-corrected chi connectivity index (χ2v) is 8.60. The molecule has 10 nitrogen and oxygen atoms in total. The van der Waals surface area contributed by atoms with Gasteiger partial charge in [-0.2, -0.15) is 0 Å². The third-order valence-corrected chi connectivity index (χ3v) is 5.31. The van der Waals surface area contributed by atoms with E-state index in [2.05, 4.69) is 20.6 Å². The molecule has 1 heterocycles. The Morgan fingerprint density at radius 2 is 1.69 bits per heavy atom. The van der Waals surface area contributed by atoms with Crippen LogP contribution in [0.15, 0.2) is 48.8 Å². The lowest BCUT2D eigenvalue weighted by Crippen LogP contribution is -2.14. The van der Waals surface area contributed by atoms with Crippen LogP contribution in [0.25, 0.3) is 10.9 Å². The minimum atomic E-state index is -0.516. The van der Waals surface area contributed by atoms with Crippen molar-refractivity contribution in [2.45, 2.75) is 13.8 Å². The van der Waals surface area contributed by atoms with Gasteiger partial charge in [-0.25, -0.2) is 14.4 Å². The Kier molecular flexibility index (Phi) is 11.9. The average Bonchev–Trinajstić information content (AvgIpc) is 2.90. The van der Waals surface area contributed by atoms with Crippen molar-refractivity contribution in [3.05, 3.63) is 54.6 Å². The maximum Gasteiger partial charge on any atom is 0.248 e. The molecule has 0 spiro atoms. The summed E-state index contributed by atoms with van der Waals surface area (Å²) in [6.45, 7) is 6.89. The largest absolute Gasteiger partial charge is 0.489 e. The van der Waals surface area contributed by atoms with Gasteiger partial charge < -0.3 is 34.5 Å². The maximum atomic E-state index is 14.6. The molecule has 0 radical (unpaired) electrons. The first-order valence-corrected chi connectivity index (χ1v) is 12.8. The molecule has 210 valence electrons. The predicted molar refractivity (Wildman–Crippen MR) is 150 cm³/mol. The van der Waals surface area contributed by atoms with E-state index in [1.165, 1.54) is 18.5 Å². The van der Waals surface area contributed by atoms with E-state index in [9.17, 15) is 9.18 Å². The van der Waals surface area contributed by atoms with Crippen molar-refractivity contribution in [3.63, 3.8) is 0 Å². The SMILES string of the molecule is CCOCCOc1ccc(Nc2ncnc3cc(OCCOCC)c(NC(=O)/C=C/CN(C)C)cc23)cc1F. The molecular weight excluding hydrogens is 505 g/mol. The van der Waals surface area contributed by atoms with Crippen LogP contribution in [0.1, 0.15) is 13.8 Å².